The molecule has 90 valence electrons. The molecule has 1 aliphatic carbocycles. The first kappa shape index (κ1) is 11.9. The third kappa shape index (κ3) is 2.55. The van der Waals surface area contributed by atoms with Gasteiger partial charge < -0.3 is 5.32 Å². The molecule has 0 spiro atoms. The van der Waals surface area contributed by atoms with Crippen LogP contribution >= 0.6 is 11.6 Å². The summed E-state index contributed by atoms with van der Waals surface area (Å²) in [5.74, 6) is -0.427. The fourth-order valence-electron chi connectivity index (χ4n) is 1.67. The molecule has 2 rings (SSSR count). The monoisotopic (exact) mass is 254 g/mol. The van der Waals surface area contributed by atoms with Crippen LogP contribution in [0.3, 0.4) is 0 Å². The van der Waals surface area contributed by atoms with E-state index in [1.807, 2.05) is 0 Å². The Labute approximate surface area is 103 Å². The van der Waals surface area contributed by atoms with Crippen molar-refractivity contribution in [3.05, 3.63) is 38.9 Å². The van der Waals surface area contributed by atoms with Crippen molar-refractivity contribution in [3.8, 4) is 0 Å². The summed E-state index contributed by atoms with van der Waals surface area (Å²) in [5.41, 5.74) is -0.194. The smallest absolute Gasteiger partial charge is 0.282 e. The summed E-state index contributed by atoms with van der Waals surface area (Å²) in [6.45, 7) is 0. The number of nitrogens with zero attached hydrogens (tertiary/aromatic N) is 1. The van der Waals surface area contributed by atoms with Gasteiger partial charge in [-0.1, -0.05) is 11.6 Å². The summed E-state index contributed by atoms with van der Waals surface area (Å²) < 4.78 is 0. The van der Waals surface area contributed by atoms with Crippen LogP contribution in [0.2, 0.25) is 5.02 Å². The van der Waals surface area contributed by atoms with E-state index in [-0.39, 0.29) is 17.3 Å². The van der Waals surface area contributed by atoms with Crippen molar-refractivity contribution in [2.45, 2.75) is 25.3 Å². The van der Waals surface area contributed by atoms with Gasteiger partial charge >= 0.3 is 0 Å². The molecule has 1 aromatic rings. The number of nitro benzene ring substituents is 1. The third-order valence-corrected chi connectivity index (χ3v) is 3.08. The molecule has 1 amide bonds. The van der Waals surface area contributed by atoms with Crippen molar-refractivity contribution in [2.75, 3.05) is 0 Å². The van der Waals surface area contributed by atoms with Gasteiger partial charge in [0.15, 0.2) is 0 Å². The maximum absolute atomic E-state index is 11.9. The fraction of sp³-hybridized carbons (Fsp3) is 0.364. The molecule has 1 saturated carbocycles. The van der Waals surface area contributed by atoms with Gasteiger partial charge in [-0.3, -0.25) is 14.9 Å². The summed E-state index contributed by atoms with van der Waals surface area (Å²) in [6.07, 6.45) is 2.95. The van der Waals surface area contributed by atoms with Crippen molar-refractivity contribution in [3.63, 3.8) is 0 Å². The molecule has 0 radical (unpaired) electrons. The molecule has 0 saturated heterocycles. The van der Waals surface area contributed by atoms with Gasteiger partial charge in [-0.2, -0.15) is 0 Å². The molecule has 17 heavy (non-hydrogen) atoms. The number of benzene rings is 1. The molecule has 0 bridgehead atoms. The Balaban J connectivity index is 2.25. The van der Waals surface area contributed by atoms with Crippen molar-refractivity contribution < 1.29 is 9.72 Å². The Morgan fingerprint density at radius 2 is 2.18 bits per heavy atom. The van der Waals surface area contributed by atoms with Crippen LogP contribution in [0.4, 0.5) is 5.69 Å². The van der Waals surface area contributed by atoms with Crippen LogP contribution in [-0.4, -0.2) is 16.9 Å². The summed E-state index contributed by atoms with van der Waals surface area (Å²) >= 11 is 5.75. The van der Waals surface area contributed by atoms with Crippen LogP contribution in [0.5, 0.6) is 0 Å². The summed E-state index contributed by atoms with van der Waals surface area (Å²) in [5, 5.41) is 13.9. The molecule has 5 nitrogen and oxygen atoms in total. The number of hydrogen-bond acceptors (Lipinski definition) is 3. The Bertz CT molecular complexity index is 472. The van der Waals surface area contributed by atoms with E-state index in [2.05, 4.69) is 5.32 Å². The minimum atomic E-state index is -0.577. The number of amides is 1. The molecule has 1 N–H and O–H groups in total. The zero-order valence-electron chi connectivity index (χ0n) is 8.98. The number of carbonyl (C=O) groups is 1. The lowest BCUT2D eigenvalue weighted by molar-refractivity contribution is -0.385. The third-order valence-electron chi connectivity index (χ3n) is 2.84. The SMILES string of the molecule is O=C(NC1CCC1)c1cc(Cl)ccc1[N+](=O)[O-]. The maximum atomic E-state index is 11.9. The molecule has 1 aromatic carbocycles. The first-order valence-corrected chi connectivity index (χ1v) is 5.70. The molecule has 0 unspecified atom stereocenters. The van der Waals surface area contributed by atoms with Gasteiger partial charge in [-0.05, 0) is 31.4 Å². The molecule has 0 atom stereocenters. The lowest BCUT2D eigenvalue weighted by Gasteiger charge is -2.26. The number of halogens is 1. The van der Waals surface area contributed by atoms with E-state index >= 15 is 0 Å². The van der Waals surface area contributed by atoms with E-state index < -0.39 is 10.8 Å². The van der Waals surface area contributed by atoms with E-state index in [0.29, 0.717) is 5.02 Å². The van der Waals surface area contributed by atoms with E-state index in [9.17, 15) is 14.9 Å². The predicted octanol–water partition coefficient (Wildman–Crippen LogP) is 2.53. The number of carbonyl (C=O) groups excluding carboxylic acids is 1. The fourth-order valence-corrected chi connectivity index (χ4v) is 1.84. The molecule has 0 aliphatic heterocycles. The second-order valence-electron chi connectivity index (χ2n) is 4.02. The highest BCUT2D eigenvalue weighted by atomic mass is 35.5. The van der Waals surface area contributed by atoms with Crippen molar-refractivity contribution in [1.82, 2.24) is 5.32 Å². The van der Waals surface area contributed by atoms with Crippen LogP contribution in [0.1, 0.15) is 29.6 Å². The second kappa shape index (κ2) is 4.71. The summed E-state index contributed by atoms with van der Waals surface area (Å²) in [6, 6.07) is 4.12. The highest BCUT2D eigenvalue weighted by Gasteiger charge is 2.25. The Morgan fingerprint density at radius 1 is 1.47 bits per heavy atom. The van der Waals surface area contributed by atoms with Gasteiger partial charge in [-0.15, -0.1) is 0 Å². The van der Waals surface area contributed by atoms with Crippen LogP contribution in [0.15, 0.2) is 18.2 Å². The van der Waals surface area contributed by atoms with Gasteiger partial charge in [0.2, 0.25) is 0 Å². The van der Waals surface area contributed by atoms with Crippen molar-refractivity contribution in [1.29, 1.82) is 0 Å². The molecule has 0 aromatic heterocycles. The number of rotatable bonds is 3. The van der Waals surface area contributed by atoms with E-state index in [4.69, 9.17) is 11.6 Å². The van der Waals surface area contributed by atoms with Crippen molar-refractivity contribution in [2.24, 2.45) is 0 Å². The standard InChI is InChI=1S/C11H11ClN2O3/c12-7-4-5-10(14(16)17)9(6-7)11(15)13-8-2-1-3-8/h4-6,8H,1-3H2,(H,13,15). The number of nitrogens with one attached hydrogen (secondary N) is 1. The van der Waals surface area contributed by atoms with Crippen LogP contribution in [-0.2, 0) is 0 Å². The number of nitro groups is 1. The molecule has 1 aliphatic rings. The Kier molecular flexibility index (Phi) is 3.28. The molecule has 0 heterocycles. The van der Waals surface area contributed by atoms with Crippen LogP contribution < -0.4 is 5.32 Å². The lowest BCUT2D eigenvalue weighted by Crippen LogP contribution is -2.39. The summed E-state index contributed by atoms with van der Waals surface area (Å²) in [7, 11) is 0. The molecule has 1 fully saturated rings. The largest absolute Gasteiger partial charge is 0.349 e. The molecular weight excluding hydrogens is 244 g/mol. The zero-order valence-corrected chi connectivity index (χ0v) is 9.74. The van der Waals surface area contributed by atoms with Crippen LogP contribution in [0.25, 0.3) is 0 Å². The van der Waals surface area contributed by atoms with Gasteiger partial charge in [0.1, 0.15) is 5.56 Å². The van der Waals surface area contributed by atoms with E-state index in [1.165, 1.54) is 18.2 Å². The van der Waals surface area contributed by atoms with Gasteiger partial charge in [0.25, 0.3) is 11.6 Å². The Morgan fingerprint density at radius 3 is 2.71 bits per heavy atom. The first-order chi connectivity index (χ1) is 8.08. The van der Waals surface area contributed by atoms with Gasteiger partial charge in [0, 0.05) is 17.1 Å². The van der Waals surface area contributed by atoms with Crippen molar-refractivity contribution >= 4 is 23.2 Å². The minimum absolute atomic E-state index is 0.0226. The highest BCUT2D eigenvalue weighted by Crippen LogP contribution is 2.24. The Hall–Kier alpha value is -1.62. The van der Waals surface area contributed by atoms with Gasteiger partial charge in [-0.25, -0.2) is 0 Å². The quantitative estimate of drug-likeness (QED) is 0.665. The van der Waals surface area contributed by atoms with E-state index in [0.717, 1.165) is 19.3 Å². The number of hydrogen-bond donors (Lipinski definition) is 1. The minimum Gasteiger partial charge on any atom is -0.349 e. The molecular formula is C11H11ClN2O3. The normalized spacial score (nSPS) is 15.1. The predicted molar refractivity (Wildman–Crippen MR) is 63.2 cm³/mol. The second-order valence-corrected chi connectivity index (χ2v) is 4.46. The average Bonchev–Trinajstić information content (AvgIpc) is 2.22. The topological polar surface area (TPSA) is 72.2 Å². The maximum Gasteiger partial charge on any atom is 0.282 e. The summed E-state index contributed by atoms with van der Waals surface area (Å²) in [4.78, 5) is 22.1. The first-order valence-electron chi connectivity index (χ1n) is 5.33. The highest BCUT2D eigenvalue weighted by molar-refractivity contribution is 6.31. The lowest BCUT2D eigenvalue weighted by atomic mass is 9.93. The zero-order chi connectivity index (χ0) is 12.4. The van der Waals surface area contributed by atoms with Gasteiger partial charge in [0.05, 0.1) is 4.92 Å². The van der Waals surface area contributed by atoms with E-state index in [1.54, 1.807) is 0 Å². The molecule has 6 heteroatoms. The average molecular weight is 255 g/mol. The van der Waals surface area contributed by atoms with Crippen LogP contribution in [0, 0.1) is 10.1 Å².